The van der Waals surface area contributed by atoms with Gasteiger partial charge in [0.2, 0.25) is 5.88 Å². The van der Waals surface area contributed by atoms with Gasteiger partial charge in [-0.2, -0.15) is 9.61 Å². The van der Waals surface area contributed by atoms with Crippen LogP contribution >= 0.6 is 0 Å². The molecule has 0 radical (unpaired) electrons. The molecule has 3 aromatic rings. The third kappa shape index (κ3) is 4.09. The second-order valence-electron chi connectivity index (χ2n) is 9.57. The minimum absolute atomic E-state index is 0.0327. The number of nitrogens with zero attached hydrogens (tertiary/aromatic N) is 5. The molecule has 1 fully saturated rings. The molecule has 3 aromatic heterocycles. The van der Waals surface area contributed by atoms with Gasteiger partial charge in [-0.1, -0.05) is 13.8 Å². The number of carbonyl (C=O) groups is 2. The number of nitrogens with one attached hydrogen (secondary N) is 1. The van der Waals surface area contributed by atoms with Gasteiger partial charge in [-0.15, -0.1) is 0 Å². The molecular formula is C25H28N6O4. The standard InChI is InChI=1S/C25H28N6O4/c1-14(2)13-30-23-18(6-7-20(32)29-11-9-16-8-10-26-12-19(16)29)15(3)28-31(23)25(35)21(24(30)34)22(33)27-17-4-5-17/h6-8,10,12,14,17,34H,4-5,9,11,13H2,1-3H3,(H,27,33)/b7-6+. The molecule has 2 aliphatic rings. The Morgan fingerprint density at radius 1 is 1.31 bits per heavy atom. The van der Waals surface area contributed by atoms with Gasteiger partial charge in [0.15, 0.2) is 5.56 Å². The number of amides is 2. The van der Waals surface area contributed by atoms with Gasteiger partial charge in [0.05, 0.1) is 17.6 Å². The molecule has 0 aromatic carbocycles. The van der Waals surface area contributed by atoms with Gasteiger partial charge in [-0.25, -0.2) is 0 Å². The molecule has 0 unspecified atom stereocenters. The predicted octanol–water partition coefficient (Wildman–Crippen LogP) is 2.06. The average molecular weight is 477 g/mol. The second kappa shape index (κ2) is 8.68. The van der Waals surface area contributed by atoms with E-state index in [0.29, 0.717) is 30.0 Å². The van der Waals surface area contributed by atoms with Crippen molar-refractivity contribution in [3.8, 4) is 5.88 Å². The SMILES string of the molecule is Cc1nn2c(=O)c(C(=O)NC3CC3)c(O)n(CC(C)C)c2c1/C=C/C(=O)N1CCc2ccncc21. The fourth-order valence-corrected chi connectivity index (χ4v) is 4.48. The van der Waals surface area contributed by atoms with E-state index < -0.39 is 17.3 Å². The largest absolute Gasteiger partial charge is 0.494 e. The molecule has 1 saturated carbocycles. The first-order chi connectivity index (χ1) is 16.8. The highest BCUT2D eigenvalue weighted by molar-refractivity contribution is 6.05. The van der Waals surface area contributed by atoms with Crippen LogP contribution in [0.15, 0.2) is 29.3 Å². The van der Waals surface area contributed by atoms with Crippen molar-refractivity contribution < 1.29 is 14.7 Å². The number of aryl methyl sites for hydroxylation is 1. The number of aromatic nitrogens is 4. The molecule has 10 nitrogen and oxygen atoms in total. The molecular weight excluding hydrogens is 448 g/mol. The van der Waals surface area contributed by atoms with Crippen molar-refractivity contribution in [1.82, 2.24) is 24.5 Å². The van der Waals surface area contributed by atoms with Crippen LogP contribution in [0, 0.1) is 12.8 Å². The Kier molecular flexibility index (Phi) is 5.66. The van der Waals surface area contributed by atoms with E-state index in [1.54, 1.807) is 30.3 Å². The molecule has 1 aliphatic carbocycles. The van der Waals surface area contributed by atoms with E-state index in [0.717, 1.165) is 35.0 Å². The first-order valence-corrected chi connectivity index (χ1v) is 11.8. The highest BCUT2D eigenvalue weighted by Gasteiger charge is 2.30. The summed E-state index contributed by atoms with van der Waals surface area (Å²) in [4.78, 5) is 44.8. The van der Waals surface area contributed by atoms with Crippen LogP contribution in [-0.4, -0.2) is 48.7 Å². The first kappa shape index (κ1) is 22.8. The van der Waals surface area contributed by atoms with E-state index in [-0.39, 0.29) is 23.4 Å². The topological polar surface area (TPSA) is 122 Å². The third-order valence-electron chi connectivity index (χ3n) is 6.35. The summed E-state index contributed by atoms with van der Waals surface area (Å²) in [5, 5.41) is 18.2. The van der Waals surface area contributed by atoms with Gasteiger partial charge in [0, 0.05) is 37.0 Å². The molecule has 10 heteroatoms. The maximum atomic E-state index is 13.2. The summed E-state index contributed by atoms with van der Waals surface area (Å²) in [5.74, 6) is -1.10. The minimum atomic E-state index is -0.690. The summed E-state index contributed by atoms with van der Waals surface area (Å²) in [6.07, 6.45) is 8.94. The van der Waals surface area contributed by atoms with Gasteiger partial charge in [-0.05, 0) is 49.8 Å². The number of fused-ring (bicyclic) bond motifs is 2. The Morgan fingerprint density at radius 2 is 2.09 bits per heavy atom. The number of anilines is 1. The molecule has 2 amide bonds. The van der Waals surface area contributed by atoms with E-state index in [2.05, 4.69) is 15.4 Å². The highest BCUT2D eigenvalue weighted by Crippen LogP contribution is 2.28. The van der Waals surface area contributed by atoms with Crippen molar-refractivity contribution >= 4 is 29.2 Å². The monoisotopic (exact) mass is 476 g/mol. The fraction of sp³-hybridized carbons (Fsp3) is 0.400. The number of carbonyl (C=O) groups excluding carboxylic acids is 2. The van der Waals surface area contributed by atoms with E-state index >= 15 is 0 Å². The Balaban J connectivity index is 1.58. The zero-order valence-electron chi connectivity index (χ0n) is 20.0. The lowest BCUT2D eigenvalue weighted by atomic mass is 10.1. The molecule has 0 saturated heterocycles. The summed E-state index contributed by atoms with van der Waals surface area (Å²) in [6, 6.07) is 1.94. The van der Waals surface area contributed by atoms with Crippen molar-refractivity contribution in [1.29, 1.82) is 0 Å². The number of rotatable bonds is 6. The van der Waals surface area contributed by atoms with Crippen LogP contribution in [0.25, 0.3) is 11.7 Å². The molecule has 182 valence electrons. The summed E-state index contributed by atoms with van der Waals surface area (Å²) in [6.45, 7) is 6.59. The third-order valence-corrected chi connectivity index (χ3v) is 6.35. The lowest BCUT2D eigenvalue weighted by Crippen LogP contribution is -2.34. The van der Waals surface area contributed by atoms with Crippen LogP contribution < -0.4 is 15.8 Å². The highest BCUT2D eigenvalue weighted by atomic mass is 16.3. The number of pyridine rings is 1. The molecule has 1 aliphatic heterocycles. The fourth-order valence-electron chi connectivity index (χ4n) is 4.48. The predicted molar refractivity (Wildman–Crippen MR) is 131 cm³/mol. The van der Waals surface area contributed by atoms with Crippen LogP contribution in [-0.2, 0) is 17.8 Å². The number of aromatic hydroxyl groups is 1. The van der Waals surface area contributed by atoms with Crippen molar-refractivity contribution in [2.24, 2.45) is 5.92 Å². The number of hydrogen-bond acceptors (Lipinski definition) is 6. The molecule has 0 spiro atoms. The van der Waals surface area contributed by atoms with Gasteiger partial charge in [0.25, 0.3) is 17.4 Å². The Hall–Kier alpha value is -3.95. The van der Waals surface area contributed by atoms with Crippen LogP contribution in [0.1, 0.15) is 53.9 Å². The first-order valence-electron chi connectivity index (χ1n) is 11.8. The van der Waals surface area contributed by atoms with Gasteiger partial charge < -0.3 is 15.3 Å². The summed E-state index contributed by atoms with van der Waals surface area (Å²) in [5.41, 5.74) is 2.23. The molecule has 2 N–H and O–H groups in total. The maximum absolute atomic E-state index is 13.2. The van der Waals surface area contributed by atoms with Crippen molar-refractivity contribution in [3.63, 3.8) is 0 Å². The summed E-state index contributed by atoms with van der Waals surface area (Å²) in [7, 11) is 0. The summed E-state index contributed by atoms with van der Waals surface area (Å²) < 4.78 is 2.69. The van der Waals surface area contributed by atoms with Crippen LogP contribution in [0.4, 0.5) is 5.69 Å². The summed E-state index contributed by atoms with van der Waals surface area (Å²) >= 11 is 0. The minimum Gasteiger partial charge on any atom is -0.494 e. The maximum Gasteiger partial charge on any atom is 0.291 e. The Labute approximate surface area is 201 Å². The van der Waals surface area contributed by atoms with E-state index in [9.17, 15) is 19.5 Å². The molecule has 35 heavy (non-hydrogen) atoms. The average Bonchev–Trinajstić information content (AvgIpc) is 3.41. The normalized spacial score (nSPS) is 15.4. The Morgan fingerprint density at radius 3 is 2.80 bits per heavy atom. The second-order valence-corrected chi connectivity index (χ2v) is 9.57. The van der Waals surface area contributed by atoms with E-state index in [4.69, 9.17) is 0 Å². The van der Waals surface area contributed by atoms with Crippen molar-refractivity contribution in [2.45, 2.75) is 52.6 Å². The van der Waals surface area contributed by atoms with Crippen molar-refractivity contribution in [2.75, 3.05) is 11.4 Å². The van der Waals surface area contributed by atoms with Crippen LogP contribution in [0.3, 0.4) is 0 Å². The molecule has 0 bridgehead atoms. The van der Waals surface area contributed by atoms with Gasteiger partial charge in [0.1, 0.15) is 5.65 Å². The van der Waals surface area contributed by atoms with Gasteiger partial charge in [-0.3, -0.25) is 23.9 Å². The lowest BCUT2D eigenvalue weighted by Gasteiger charge is -2.17. The van der Waals surface area contributed by atoms with Crippen molar-refractivity contribution in [3.05, 3.63) is 57.3 Å². The lowest BCUT2D eigenvalue weighted by molar-refractivity contribution is -0.114. The molecule has 0 atom stereocenters. The quantitative estimate of drug-likeness (QED) is 0.525. The smallest absolute Gasteiger partial charge is 0.291 e. The number of hydrogen-bond donors (Lipinski definition) is 2. The van der Waals surface area contributed by atoms with E-state index in [1.807, 2.05) is 19.9 Å². The molecule has 4 heterocycles. The zero-order chi connectivity index (χ0) is 24.9. The molecule has 5 rings (SSSR count). The van der Waals surface area contributed by atoms with E-state index in [1.165, 1.54) is 10.6 Å². The zero-order valence-corrected chi connectivity index (χ0v) is 20.0. The Bertz CT molecular complexity index is 1430. The van der Waals surface area contributed by atoms with Crippen LogP contribution in [0.5, 0.6) is 5.88 Å². The van der Waals surface area contributed by atoms with Gasteiger partial charge >= 0.3 is 0 Å². The van der Waals surface area contributed by atoms with Crippen LogP contribution in [0.2, 0.25) is 0 Å².